The predicted octanol–water partition coefficient (Wildman–Crippen LogP) is 2.25. The number of likely N-dealkylation sites (N-methyl/N-ethyl adjacent to an activating group) is 1. The third-order valence-corrected chi connectivity index (χ3v) is 4.58. The molecule has 1 saturated heterocycles. The van der Waals surface area contributed by atoms with Crippen LogP contribution in [0.5, 0.6) is 0 Å². The van der Waals surface area contributed by atoms with Crippen molar-refractivity contribution in [1.82, 2.24) is 10.2 Å². The van der Waals surface area contributed by atoms with Crippen molar-refractivity contribution >= 4 is 0 Å². The number of hydrogen-bond acceptors (Lipinski definition) is 2. The molecule has 2 nitrogen and oxygen atoms in total. The quantitative estimate of drug-likeness (QED) is 0.752. The Morgan fingerprint density at radius 1 is 1.33 bits per heavy atom. The van der Waals surface area contributed by atoms with Gasteiger partial charge in [-0.1, -0.05) is 20.3 Å². The first-order valence-corrected chi connectivity index (χ1v) is 6.45. The van der Waals surface area contributed by atoms with E-state index in [9.17, 15) is 0 Å². The van der Waals surface area contributed by atoms with E-state index in [0.717, 1.165) is 18.1 Å². The van der Waals surface area contributed by atoms with Gasteiger partial charge in [0.05, 0.1) is 0 Å². The van der Waals surface area contributed by atoms with Crippen LogP contribution in [0, 0.1) is 5.41 Å². The van der Waals surface area contributed by atoms with E-state index in [1.165, 1.54) is 32.2 Å². The van der Waals surface area contributed by atoms with Gasteiger partial charge in [-0.05, 0) is 38.6 Å². The molecule has 1 saturated carbocycles. The standard InChI is InChI=1S/C13H26N2/c1-10-8-11(9-15(10)4)14-12-6-5-7-13(12,2)3/h10-12,14H,5-9H2,1-4H3. The highest BCUT2D eigenvalue weighted by atomic mass is 15.2. The van der Waals surface area contributed by atoms with E-state index >= 15 is 0 Å². The second-order valence-corrected chi connectivity index (χ2v) is 6.32. The second-order valence-electron chi connectivity index (χ2n) is 6.32. The maximum Gasteiger partial charge on any atom is 0.0212 e. The molecule has 2 fully saturated rings. The van der Waals surface area contributed by atoms with Crippen molar-refractivity contribution < 1.29 is 0 Å². The molecule has 0 bridgehead atoms. The summed E-state index contributed by atoms with van der Waals surface area (Å²) in [4.78, 5) is 2.47. The Kier molecular flexibility index (Phi) is 3.09. The van der Waals surface area contributed by atoms with Gasteiger partial charge in [-0.15, -0.1) is 0 Å². The second kappa shape index (κ2) is 4.06. The topological polar surface area (TPSA) is 15.3 Å². The molecular formula is C13H26N2. The van der Waals surface area contributed by atoms with Crippen molar-refractivity contribution in [2.24, 2.45) is 5.41 Å². The first-order valence-electron chi connectivity index (χ1n) is 6.45. The maximum absolute atomic E-state index is 3.89. The zero-order valence-electron chi connectivity index (χ0n) is 10.7. The van der Waals surface area contributed by atoms with E-state index in [0.29, 0.717) is 5.41 Å². The van der Waals surface area contributed by atoms with Crippen LogP contribution in [0.4, 0.5) is 0 Å². The molecule has 2 aliphatic rings. The summed E-state index contributed by atoms with van der Waals surface area (Å²) in [5.41, 5.74) is 0.518. The predicted molar refractivity (Wildman–Crippen MR) is 65.1 cm³/mol. The molecule has 3 atom stereocenters. The minimum Gasteiger partial charge on any atom is -0.309 e. The van der Waals surface area contributed by atoms with Crippen LogP contribution in [0.3, 0.4) is 0 Å². The Labute approximate surface area is 94.4 Å². The lowest BCUT2D eigenvalue weighted by molar-refractivity contribution is 0.259. The lowest BCUT2D eigenvalue weighted by Gasteiger charge is -2.30. The summed E-state index contributed by atoms with van der Waals surface area (Å²) < 4.78 is 0. The molecule has 2 heteroatoms. The lowest BCUT2D eigenvalue weighted by atomic mass is 9.87. The van der Waals surface area contributed by atoms with Crippen LogP contribution in [0.1, 0.15) is 46.5 Å². The molecule has 15 heavy (non-hydrogen) atoms. The van der Waals surface area contributed by atoms with Gasteiger partial charge >= 0.3 is 0 Å². The van der Waals surface area contributed by atoms with Crippen molar-refractivity contribution in [2.45, 2.75) is 64.6 Å². The third kappa shape index (κ3) is 2.36. The Hall–Kier alpha value is -0.0800. The zero-order chi connectivity index (χ0) is 11.1. The molecule has 1 aliphatic carbocycles. The normalized spacial score (nSPS) is 41.2. The minimum absolute atomic E-state index is 0.518. The van der Waals surface area contributed by atoms with Crippen LogP contribution in [0.15, 0.2) is 0 Å². The number of nitrogens with one attached hydrogen (secondary N) is 1. The molecule has 1 heterocycles. The summed E-state index contributed by atoms with van der Waals surface area (Å²) in [6.07, 6.45) is 5.50. The van der Waals surface area contributed by atoms with E-state index in [4.69, 9.17) is 0 Å². The van der Waals surface area contributed by atoms with Gasteiger partial charge in [0.25, 0.3) is 0 Å². The third-order valence-electron chi connectivity index (χ3n) is 4.58. The fourth-order valence-electron chi connectivity index (χ4n) is 3.23. The van der Waals surface area contributed by atoms with Crippen molar-refractivity contribution in [3.63, 3.8) is 0 Å². The fourth-order valence-corrected chi connectivity index (χ4v) is 3.23. The average molecular weight is 210 g/mol. The fraction of sp³-hybridized carbons (Fsp3) is 1.00. The number of likely N-dealkylation sites (tertiary alicyclic amines) is 1. The van der Waals surface area contributed by atoms with Crippen molar-refractivity contribution in [3.05, 3.63) is 0 Å². The molecule has 0 spiro atoms. The van der Waals surface area contributed by atoms with Gasteiger partial charge in [-0.25, -0.2) is 0 Å². The Balaban J connectivity index is 1.88. The first-order chi connectivity index (χ1) is 6.99. The highest BCUT2D eigenvalue weighted by molar-refractivity contribution is 4.95. The SMILES string of the molecule is CC1CC(NC2CCCC2(C)C)CN1C. The summed E-state index contributed by atoms with van der Waals surface area (Å²) in [6, 6.07) is 2.24. The summed E-state index contributed by atoms with van der Waals surface area (Å²) in [5, 5.41) is 3.89. The number of rotatable bonds is 2. The molecule has 0 aromatic carbocycles. The van der Waals surface area contributed by atoms with Gasteiger partial charge in [0, 0.05) is 24.7 Å². The number of hydrogen-bond donors (Lipinski definition) is 1. The molecule has 1 N–H and O–H groups in total. The summed E-state index contributed by atoms with van der Waals surface area (Å²) in [7, 11) is 2.24. The van der Waals surface area contributed by atoms with Gasteiger partial charge in [0.1, 0.15) is 0 Å². The van der Waals surface area contributed by atoms with Gasteiger partial charge in [-0.2, -0.15) is 0 Å². The van der Waals surface area contributed by atoms with Crippen LogP contribution in [0.25, 0.3) is 0 Å². The van der Waals surface area contributed by atoms with E-state index in [-0.39, 0.29) is 0 Å². The van der Waals surface area contributed by atoms with Crippen LogP contribution in [0.2, 0.25) is 0 Å². The molecule has 3 unspecified atom stereocenters. The summed E-state index contributed by atoms with van der Waals surface area (Å²) in [5.74, 6) is 0. The Morgan fingerprint density at radius 2 is 2.07 bits per heavy atom. The summed E-state index contributed by atoms with van der Waals surface area (Å²) in [6.45, 7) is 8.40. The molecule has 1 aliphatic heterocycles. The highest BCUT2D eigenvalue weighted by Gasteiger charge is 2.37. The molecule has 0 radical (unpaired) electrons. The van der Waals surface area contributed by atoms with Crippen LogP contribution in [-0.2, 0) is 0 Å². The van der Waals surface area contributed by atoms with Gasteiger partial charge < -0.3 is 10.2 Å². The Morgan fingerprint density at radius 3 is 2.53 bits per heavy atom. The smallest absolute Gasteiger partial charge is 0.0212 e. The van der Waals surface area contributed by atoms with Crippen LogP contribution < -0.4 is 5.32 Å². The Bertz CT molecular complexity index is 215. The van der Waals surface area contributed by atoms with E-state index in [2.05, 4.69) is 38.0 Å². The maximum atomic E-state index is 3.89. The van der Waals surface area contributed by atoms with Gasteiger partial charge in [0.2, 0.25) is 0 Å². The molecule has 0 amide bonds. The van der Waals surface area contributed by atoms with Gasteiger partial charge in [-0.3, -0.25) is 0 Å². The molecule has 0 aromatic rings. The molecular weight excluding hydrogens is 184 g/mol. The monoisotopic (exact) mass is 210 g/mol. The summed E-state index contributed by atoms with van der Waals surface area (Å²) >= 11 is 0. The van der Waals surface area contributed by atoms with E-state index < -0.39 is 0 Å². The van der Waals surface area contributed by atoms with Crippen LogP contribution in [-0.4, -0.2) is 36.6 Å². The van der Waals surface area contributed by atoms with Crippen molar-refractivity contribution in [2.75, 3.05) is 13.6 Å². The number of nitrogens with zero attached hydrogens (tertiary/aromatic N) is 1. The molecule has 88 valence electrons. The van der Waals surface area contributed by atoms with Crippen LogP contribution >= 0.6 is 0 Å². The van der Waals surface area contributed by atoms with Gasteiger partial charge in [0.15, 0.2) is 0 Å². The zero-order valence-corrected chi connectivity index (χ0v) is 10.7. The first kappa shape index (κ1) is 11.4. The van der Waals surface area contributed by atoms with E-state index in [1.54, 1.807) is 0 Å². The average Bonchev–Trinajstić information content (AvgIpc) is 2.59. The van der Waals surface area contributed by atoms with Crippen molar-refractivity contribution in [3.8, 4) is 0 Å². The molecule has 0 aromatic heterocycles. The van der Waals surface area contributed by atoms with Crippen molar-refractivity contribution in [1.29, 1.82) is 0 Å². The minimum atomic E-state index is 0.518. The highest BCUT2D eigenvalue weighted by Crippen LogP contribution is 2.37. The largest absolute Gasteiger partial charge is 0.309 e. The van der Waals surface area contributed by atoms with E-state index in [1.807, 2.05) is 0 Å². The molecule has 2 rings (SSSR count). The lowest BCUT2D eigenvalue weighted by Crippen LogP contribution is -2.44.